The molecule has 0 amide bonds. The highest BCUT2D eigenvalue weighted by atomic mass is 14.9. The third kappa shape index (κ3) is 2.80. The third-order valence-electron chi connectivity index (χ3n) is 2.90. The van der Waals surface area contributed by atoms with Crippen molar-refractivity contribution in [2.24, 2.45) is 0 Å². The third-order valence-corrected chi connectivity index (χ3v) is 2.90. The number of benzene rings is 1. The molecule has 1 aromatic carbocycles. The van der Waals surface area contributed by atoms with Gasteiger partial charge in [0.05, 0.1) is 22.4 Å². The van der Waals surface area contributed by atoms with Crippen LogP contribution in [-0.2, 0) is 6.42 Å². The molecular formula is C14H19N3. The van der Waals surface area contributed by atoms with Gasteiger partial charge in [0.25, 0.3) is 0 Å². The summed E-state index contributed by atoms with van der Waals surface area (Å²) in [5.74, 6) is 0. The zero-order valence-corrected chi connectivity index (χ0v) is 10.7. The summed E-state index contributed by atoms with van der Waals surface area (Å²) in [5.41, 5.74) is 4.09. The molecule has 3 heteroatoms. The number of para-hydroxylation sites is 2. The molecule has 0 aliphatic rings. The maximum absolute atomic E-state index is 4.69. The van der Waals surface area contributed by atoms with Crippen molar-refractivity contribution in [1.29, 1.82) is 0 Å². The monoisotopic (exact) mass is 229 g/mol. The average molecular weight is 229 g/mol. The molecule has 1 N–H and O–H groups in total. The Hall–Kier alpha value is -1.48. The highest BCUT2D eigenvalue weighted by Crippen LogP contribution is 2.13. The fourth-order valence-corrected chi connectivity index (χ4v) is 2.03. The van der Waals surface area contributed by atoms with E-state index >= 15 is 0 Å². The minimum Gasteiger partial charge on any atom is -0.314 e. The first kappa shape index (κ1) is 12.0. The summed E-state index contributed by atoms with van der Waals surface area (Å²) in [7, 11) is 0. The zero-order chi connectivity index (χ0) is 12.3. The Balaban J connectivity index is 2.31. The van der Waals surface area contributed by atoms with Gasteiger partial charge in [-0.15, -0.1) is 0 Å². The van der Waals surface area contributed by atoms with Crippen LogP contribution in [0.1, 0.15) is 25.2 Å². The second kappa shape index (κ2) is 5.23. The molecule has 1 heterocycles. The Labute approximate surface area is 102 Å². The Morgan fingerprint density at radius 2 is 1.82 bits per heavy atom. The van der Waals surface area contributed by atoms with Gasteiger partial charge >= 0.3 is 0 Å². The van der Waals surface area contributed by atoms with E-state index in [4.69, 9.17) is 4.98 Å². The van der Waals surface area contributed by atoms with Crippen molar-refractivity contribution in [2.45, 2.75) is 33.2 Å². The molecule has 17 heavy (non-hydrogen) atoms. The van der Waals surface area contributed by atoms with Crippen LogP contribution in [0.15, 0.2) is 24.3 Å². The molecule has 0 saturated heterocycles. The first-order chi connectivity index (χ1) is 8.20. The van der Waals surface area contributed by atoms with Gasteiger partial charge in [-0.1, -0.05) is 19.1 Å². The first-order valence-corrected chi connectivity index (χ1v) is 6.16. The van der Waals surface area contributed by atoms with E-state index in [0.29, 0.717) is 6.04 Å². The van der Waals surface area contributed by atoms with Gasteiger partial charge in [0.1, 0.15) is 0 Å². The summed E-state index contributed by atoms with van der Waals surface area (Å²) >= 11 is 0. The standard InChI is InChI=1S/C14H19N3/c1-4-15-10(2)9-14-11(3)16-12-7-5-6-8-13(12)17-14/h5-8,10,15H,4,9H2,1-3H3. The Bertz CT molecular complexity index is 508. The number of nitrogens with one attached hydrogen (secondary N) is 1. The Kier molecular flexibility index (Phi) is 3.69. The minimum atomic E-state index is 0.439. The quantitative estimate of drug-likeness (QED) is 0.875. The van der Waals surface area contributed by atoms with Crippen LogP contribution in [0.3, 0.4) is 0 Å². The zero-order valence-electron chi connectivity index (χ0n) is 10.7. The molecule has 0 aliphatic carbocycles. The van der Waals surface area contributed by atoms with Gasteiger partial charge < -0.3 is 5.32 Å². The lowest BCUT2D eigenvalue weighted by atomic mass is 10.1. The van der Waals surface area contributed by atoms with E-state index in [9.17, 15) is 0 Å². The fraction of sp³-hybridized carbons (Fsp3) is 0.429. The molecule has 1 unspecified atom stereocenters. The molecule has 0 aliphatic heterocycles. The molecule has 1 atom stereocenters. The predicted octanol–water partition coefficient (Wildman–Crippen LogP) is 2.48. The second-order valence-corrected chi connectivity index (χ2v) is 4.41. The summed E-state index contributed by atoms with van der Waals surface area (Å²) in [6.07, 6.45) is 0.928. The van der Waals surface area contributed by atoms with Gasteiger partial charge in [-0.25, -0.2) is 9.97 Å². The van der Waals surface area contributed by atoms with E-state index in [1.54, 1.807) is 0 Å². The smallest absolute Gasteiger partial charge is 0.0890 e. The van der Waals surface area contributed by atoms with Crippen LogP contribution in [0.2, 0.25) is 0 Å². The highest BCUT2D eigenvalue weighted by Gasteiger charge is 2.08. The number of aryl methyl sites for hydroxylation is 1. The fourth-order valence-electron chi connectivity index (χ4n) is 2.03. The lowest BCUT2D eigenvalue weighted by molar-refractivity contribution is 0.557. The highest BCUT2D eigenvalue weighted by molar-refractivity contribution is 5.74. The number of rotatable bonds is 4. The number of likely N-dealkylation sites (N-methyl/N-ethyl adjacent to an activating group) is 1. The summed E-state index contributed by atoms with van der Waals surface area (Å²) in [4.78, 5) is 9.29. The average Bonchev–Trinajstić information content (AvgIpc) is 2.30. The van der Waals surface area contributed by atoms with Crippen molar-refractivity contribution in [3.63, 3.8) is 0 Å². The van der Waals surface area contributed by atoms with Crippen LogP contribution in [0.4, 0.5) is 0 Å². The van der Waals surface area contributed by atoms with E-state index < -0.39 is 0 Å². The number of aromatic nitrogens is 2. The molecule has 0 radical (unpaired) electrons. The van der Waals surface area contributed by atoms with E-state index in [2.05, 4.69) is 24.1 Å². The van der Waals surface area contributed by atoms with Crippen LogP contribution in [0.25, 0.3) is 11.0 Å². The first-order valence-electron chi connectivity index (χ1n) is 6.16. The Morgan fingerprint density at radius 1 is 1.18 bits per heavy atom. The van der Waals surface area contributed by atoms with Crippen LogP contribution in [0, 0.1) is 6.92 Å². The molecule has 0 saturated carbocycles. The second-order valence-electron chi connectivity index (χ2n) is 4.41. The molecule has 1 aromatic heterocycles. The summed E-state index contributed by atoms with van der Waals surface area (Å²) < 4.78 is 0. The van der Waals surface area contributed by atoms with Crippen molar-refractivity contribution in [2.75, 3.05) is 6.54 Å². The molecular weight excluding hydrogens is 210 g/mol. The molecule has 2 aromatic rings. The van der Waals surface area contributed by atoms with Crippen LogP contribution >= 0.6 is 0 Å². The lowest BCUT2D eigenvalue weighted by Gasteiger charge is -2.13. The topological polar surface area (TPSA) is 37.8 Å². The number of hydrogen-bond acceptors (Lipinski definition) is 3. The predicted molar refractivity (Wildman–Crippen MR) is 71.1 cm³/mol. The molecule has 0 bridgehead atoms. The SMILES string of the molecule is CCNC(C)Cc1nc2ccccc2nc1C. The maximum Gasteiger partial charge on any atom is 0.0890 e. The van der Waals surface area contributed by atoms with Crippen LogP contribution in [-0.4, -0.2) is 22.6 Å². The van der Waals surface area contributed by atoms with Gasteiger partial charge in [0, 0.05) is 12.5 Å². The van der Waals surface area contributed by atoms with E-state index in [1.165, 1.54) is 0 Å². The minimum absolute atomic E-state index is 0.439. The molecule has 2 rings (SSSR count). The molecule has 3 nitrogen and oxygen atoms in total. The van der Waals surface area contributed by atoms with Crippen LogP contribution in [0.5, 0.6) is 0 Å². The summed E-state index contributed by atoms with van der Waals surface area (Å²) in [5, 5.41) is 3.40. The molecule has 90 valence electrons. The Morgan fingerprint density at radius 3 is 2.47 bits per heavy atom. The van der Waals surface area contributed by atoms with Crippen molar-refractivity contribution in [3.05, 3.63) is 35.7 Å². The largest absolute Gasteiger partial charge is 0.314 e. The van der Waals surface area contributed by atoms with Crippen molar-refractivity contribution in [3.8, 4) is 0 Å². The van der Waals surface area contributed by atoms with Gasteiger partial charge in [0.15, 0.2) is 0 Å². The van der Waals surface area contributed by atoms with Crippen molar-refractivity contribution >= 4 is 11.0 Å². The number of hydrogen-bond donors (Lipinski definition) is 1. The molecule has 0 spiro atoms. The number of fused-ring (bicyclic) bond motifs is 1. The lowest BCUT2D eigenvalue weighted by Crippen LogP contribution is -2.28. The summed E-state index contributed by atoms with van der Waals surface area (Å²) in [6.45, 7) is 7.32. The number of nitrogens with zero attached hydrogens (tertiary/aromatic N) is 2. The van der Waals surface area contributed by atoms with E-state index in [0.717, 1.165) is 35.4 Å². The van der Waals surface area contributed by atoms with Crippen LogP contribution < -0.4 is 5.32 Å². The van der Waals surface area contributed by atoms with Crippen molar-refractivity contribution < 1.29 is 0 Å². The van der Waals surface area contributed by atoms with Gasteiger partial charge in [0.2, 0.25) is 0 Å². The maximum atomic E-state index is 4.69. The molecule has 0 fully saturated rings. The van der Waals surface area contributed by atoms with E-state index in [1.807, 2.05) is 31.2 Å². The normalized spacial score (nSPS) is 12.9. The van der Waals surface area contributed by atoms with Crippen molar-refractivity contribution in [1.82, 2.24) is 15.3 Å². The van der Waals surface area contributed by atoms with Gasteiger partial charge in [-0.2, -0.15) is 0 Å². The van der Waals surface area contributed by atoms with Gasteiger partial charge in [-0.3, -0.25) is 0 Å². The summed E-state index contributed by atoms with van der Waals surface area (Å²) in [6, 6.07) is 8.46. The van der Waals surface area contributed by atoms with Gasteiger partial charge in [-0.05, 0) is 32.5 Å². The van der Waals surface area contributed by atoms with E-state index in [-0.39, 0.29) is 0 Å².